The van der Waals surface area contributed by atoms with Crippen molar-refractivity contribution in [2.45, 2.75) is 6.54 Å². The van der Waals surface area contributed by atoms with Crippen LogP contribution in [0.25, 0.3) is 6.08 Å². The van der Waals surface area contributed by atoms with Gasteiger partial charge in [-0.2, -0.15) is 0 Å². The van der Waals surface area contributed by atoms with Crippen molar-refractivity contribution in [3.05, 3.63) is 62.0 Å². The van der Waals surface area contributed by atoms with Crippen LogP contribution in [0.1, 0.15) is 10.4 Å². The van der Waals surface area contributed by atoms with Crippen LogP contribution >= 0.6 is 27.3 Å². The van der Waals surface area contributed by atoms with Crippen LogP contribution < -0.4 is 5.32 Å². The number of benzene rings is 1. The highest BCUT2D eigenvalue weighted by Crippen LogP contribution is 2.25. The Bertz CT molecular complexity index is 860. The Morgan fingerprint density at radius 3 is 2.46 bits per heavy atom. The minimum absolute atomic E-state index is 0.0519. The molecule has 1 aromatic carbocycles. The zero-order valence-electron chi connectivity index (χ0n) is 12.1. The third-order valence-electron chi connectivity index (χ3n) is 3.32. The minimum atomic E-state index is -0.793. The van der Waals surface area contributed by atoms with Crippen LogP contribution in [0.5, 0.6) is 0 Å². The van der Waals surface area contributed by atoms with Crippen molar-refractivity contribution in [2.24, 2.45) is 0 Å². The van der Waals surface area contributed by atoms with E-state index in [2.05, 4.69) is 21.2 Å². The monoisotopic (exact) mass is 408 g/mol. The lowest BCUT2D eigenvalue weighted by Gasteiger charge is -2.26. The highest BCUT2D eigenvalue weighted by Gasteiger charge is 2.35. The van der Waals surface area contributed by atoms with E-state index in [1.807, 2.05) is 0 Å². The maximum Gasteiger partial charge on any atom is 0.331 e. The molecule has 0 aliphatic carbocycles. The number of nitrogens with one attached hydrogen (secondary N) is 1. The molecule has 1 aromatic heterocycles. The van der Waals surface area contributed by atoms with Gasteiger partial charge in [0, 0.05) is 4.88 Å². The predicted molar refractivity (Wildman–Crippen MR) is 90.5 cm³/mol. The number of thiophene rings is 1. The molecule has 4 amide bonds. The smallest absolute Gasteiger partial charge is 0.273 e. The third kappa shape index (κ3) is 3.44. The van der Waals surface area contributed by atoms with Gasteiger partial charge in [-0.05, 0) is 51.8 Å². The van der Waals surface area contributed by atoms with Crippen molar-refractivity contribution in [3.8, 4) is 0 Å². The Balaban J connectivity index is 1.88. The van der Waals surface area contributed by atoms with Crippen LogP contribution in [-0.4, -0.2) is 22.7 Å². The zero-order chi connectivity index (χ0) is 17.3. The fourth-order valence-corrected chi connectivity index (χ4v) is 3.53. The lowest BCUT2D eigenvalue weighted by Crippen LogP contribution is -2.53. The molecule has 122 valence electrons. The van der Waals surface area contributed by atoms with Crippen molar-refractivity contribution in [1.82, 2.24) is 10.2 Å². The highest BCUT2D eigenvalue weighted by molar-refractivity contribution is 9.11. The van der Waals surface area contributed by atoms with E-state index in [1.54, 1.807) is 12.1 Å². The summed E-state index contributed by atoms with van der Waals surface area (Å²) in [6, 6.07) is 8.20. The average molecular weight is 409 g/mol. The molecule has 0 atom stereocenters. The molecular weight excluding hydrogens is 399 g/mol. The maximum absolute atomic E-state index is 13.0. The van der Waals surface area contributed by atoms with Crippen LogP contribution in [0.3, 0.4) is 0 Å². The summed E-state index contributed by atoms with van der Waals surface area (Å²) in [5.74, 6) is -1.82. The quantitative estimate of drug-likeness (QED) is 0.625. The molecule has 1 saturated heterocycles. The molecule has 24 heavy (non-hydrogen) atoms. The number of hydrogen-bond donors (Lipinski definition) is 1. The first-order chi connectivity index (χ1) is 11.4. The van der Waals surface area contributed by atoms with Gasteiger partial charge in [0.25, 0.3) is 11.8 Å². The van der Waals surface area contributed by atoms with Gasteiger partial charge in [-0.3, -0.25) is 19.8 Å². The zero-order valence-corrected chi connectivity index (χ0v) is 14.5. The number of nitrogens with zero attached hydrogens (tertiary/aromatic N) is 1. The van der Waals surface area contributed by atoms with Crippen LogP contribution in [0.4, 0.5) is 9.18 Å². The van der Waals surface area contributed by atoms with Crippen LogP contribution in [0, 0.1) is 5.82 Å². The van der Waals surface area contributed by atoms with Gasteiger partial charge in [-0.25, -0.2) is 9.18 Å². The van der Waals surface area contributed by atoms with E-state index in [0.717, 1.165) is 8.69 Å². The van der Waals surface area contributed by atoms with Crippen LogP contribution in [0.2, 0.25) is 0 Å². The number of imide groups is 2. The second-order valence-electron chi connectivity index (χ2n) is 4.98. The Labute approximate surface area is 148 Å². The minimum Gasteiger partial charge on any atom is -0.273 e. The molecular formula is C16H10BrFN2O3S. The van der Waals surface area contributed by atoms with E-state index in [4.69, 9.17) is 0 Å². The van der Waals surface area contributed by atoms with Crippen molar-refractivity contribution in [3.63, 3.8) is 0 Å². The average Bonchev–Trinajstić information content (AvgIpc) is 2.95. The van der Waals surface area contributed by atoms with Gasteiger partial charge in [-0.1, -0.05) is 12.1 Å². The molecule has 2 heterocycles. The Hall–Kier alpha value is -2.32. The number of amides is 4. The third-order valence-corrected chi connectivity index (χ3v) is 4.89. The molecule has 3 rings (SSSR count). The van der Waals surface area contributed by atoms with E-state index >= 15 is 0 Å². The number of halogens is 2. The molecule has 1 fully saturated rings. The van der Waals surface area contributed by atoms with Crippen molar-refractivity contribution < 1.29 is 18.8 Å². The normalized spacial score (nSPS) is 16.7. The summed E-state index contributed by atoms with van der Waals surface area (Å²) in [4.78, 5) is 38.1. The van der Waals surface area contributed by atoms with E-state index in [1.165, 1.54) is 41.7 Å². The maximum atomic E-state index is 13.0. The van der Waals surface area contributed by atoms with Gasteiger partial charge in [-0.15, -0.1) is 11.3 Å². The summed E-state index contributed by atoms with van der Waals surface area (Å²) in [6.07, 6.45) is 1.44. The molecule has 5 nitrogen and oxygen atoms in total. The first-order valence-electron chi connectivity index (χ1n) is 6.82. The number of barbiturate groups is 1. The fourth-order valence-electron chi connectivity index (χ4n) is 2.16. The van der Waals surface area contributed by atoms with Crippen molar-refractivity contribution in [1.29, 1.82) is 0 Å². The molecule has 0 saturated carbocycles. The molecule has 0 bridgehead atoms. The van der Waals surface area contributed by atoms with Crippen LogP contribution in [-0.2, 0) is 16.1 Å². The van der Waals surface area contributed by atoms with E-state index in [0.29, 0.717) is 10.4 Å². The number of hydrogen-bond acceptors (Lipinski definition) is 4. The molecule has 0 spiro atoms. The van der Waals surface area contributed by atoms with Gasteiger partial charge < -0.3 is 0 Å². The predicted octanol–water partition coefficient (Wildman–Crippen LogP) is 3.31. The SMILES string of the molecule is O=C1NC(=O)N(Cc2ccc(F)cc2)C(=O)/C1=C/c1ccc(Br)s1. The Morgan fingerprint density at radius 2 is 1.83 bits per heavy atom. The first-order valence-corrected chi connectivity index (χ1v) is 8.43. The molecule has 1 aliphatic rings. The Kier molecular flexibility index (Phi) is 4.59. The summed E-state index contributed by atoms with van der Waals surface area (Å²) in [5.41, 5.74) is 0.457. The Morgan fingerprint density at radius 1 is 1.12 bits per heavy atom. The highest BCUT2D eigenvalue weighted by atomic mass is 79.9. The first kappa shape index (κ1) is 16.5. The molecule has 8 heteroatoms. The standard InChI is InChI=1S/C16H10BrFN2O3S/c17-13-6-5-11(24-13)7-12-14(21)19-16(23)20(15(12)22)8-9-1-3-10(18)4-2-9/h1-7H,8H2,(H,19,21,23)/b12-7+. The molecule has 2 aromatic rings. The molecule has 0 unspecified atom stereocenters. The van der Waals surface area contributed by atoms with E-state index < -0.39 is 23.7 Å². The second kappa shape index (κ2) is 6.66. The summed E-state index contributed by atoms with van der Waals surface area (Å²) in [7, 11) is 0. The van der Waals surface area contributed by atoms with E-state index in [9.17, 15) is 18.8 Å². The van der Waals surface area contributed by atoms with Gasteiger partial charge in [0.05, 0.1) is 10.3 Å². The summed E-state index contributed by atoms with van der Waals surface area (Å²) < 4.78 is 13.8. The number of carbonyl (C=O) groups excluding carboxylic acids is 3. The lowest BCUT2D eigenvalue weighted by atomic mass is 10.1. The molecule has 1 N–H and O–H groups in total. The van der Waals surface area contributed by atoms with Gasteiger partial charge >= 0.3 is 6.03 Å². The van der Waals surface area contributed by atoms with Gasteiger partial charge in [0.15, 0.2) is 0 Å². The summed E-state index contributed by atoms with van der Waals surface area (Å²) in [6.45, 7) is -0.0519. The number of rotatable bonds is 3. The van der Waals surface area contributed by atoms with Crippen molar-refractivity contribution in [2.75, 3.05) is 0 Å². The number of carbonyl (C=O) groups is 3. The second-order valence-corrected chi connectivity index (χ2v) is 7.47. The van der Waals surface area contributed by atoms with Crippen molar-refractivity contribution >= 4 is 51.2 Å². The topological polar surface area (TPSA) is 66.5 Å². The lowest BCUT2D eigenvalue weighted by molar-refractivity contribution is -0.130. The number of urea groups is 1. The fraction of sp³-hybridized carbons (Fsp3) is 0.0625. The summed E-state index contributed by atoms with van der Waals surface area (Å²) >= 11 is 4.66. The molecule has 0 radical (unpaired) electrons. The van der Waals surface area contributed by atoms with Gasteiger partial charge in [0.2, 0.25) is 0 Å². The van der Waals surface area contributed by atoms with Crippen LogP contribution in [0.15, 0.2) is 45.8 Å². The molecule has 1 aliphatic heterocycles. The van der Waals surface area contributed by atoms with E-state index in [-0.39, 0.29) is 12.1 Å². The van der Waals surface area contributed by atoms with Gasteiger partial charge in [0.1, 0.15) is 11.4 Å². The summed E-state index contributed by atoms with van der Waals surface area (Å²) in [5, 5.41) is 2.15. The largest absolute Gasteiger partial charge is 0.331 e.